The molecule has 0 radical (unpaired) electrons. The van der Waals surface area contributed by atoms with Crippen LogP contribution >= 0.6 is 11.3 Å². The lowest BCUT2D eigenvalue weighted by Crippen LogP contribution is -2.11. The van der Waals surface area contributed by atoms with Crippen LogP contribution in [0.15, 0.2) is 52.9 Å². The number of carbonyl (C=O) groups is 1. The zero-order valence-electron chi connectivity index (χ0n) is 15.8. The van der Waals surface area contributed by atoms with Gasteiger partial charge in [0, 0.05) is 34.4 Å². The molecule has 0 saturated heterocycles. The van der Waals surface area contributed by atoms with Crippen LogP contribution in [-0.2, 0) is 6.42 Å². The Bertz CT molecular complexity index is 1220. The van der Waals surface area contributed by atoms with Gasteiger partial charge in [0.15, 0.2) is 10.9 Å². The number of amides is 1. The highest BCUT2D eigenvalue weighted by atomic mass is 32.1. The molecule has 8 heteroatoms. The number of furan rings is 1. The lowest BCUT2D eigenvalue weighted by Gasteiger charge is -2.00. The summed E-state index contributed by atoms with van der Waals surface area (Å²) in [7, 11) is 0. The van der Waals surface area contributed by atoms with Crippen LogP contribution in [0.3, 0.4) is 0 Å². The fourth-order valence-electron chi connectivity index (χ4n) is 3.11. The van der Waals surface area contributed by atoms with Crippen molar-refractivity contribution in [1.82, 2.24) is 4.98 Å². The number of aryl methyl sites for hydroxylation is 2. The van der Waals surface area contributed by atoms with Gasteiger partial charge in [-0.15, -0.1) is 11.3 Å². The van der Waals surface area contributed by atoms with Crippen LogP contribution in [-0.4, -0.2) is 15.8 Å². The van der Waals surface area contributed by atoms with Crippen molar-refractivity contribution in [2.24, 2.45) is 0 Å². The topological polar surface area (TPSA) is 98.3 Å². The Morgan fingerprint density at radius 3 is 2.59 bits per heavy atom. The van der Waals surface area contributed by atoms with Gasteiger partial charge in [-0.2, -0.15) is 0 Å². The molecule has 1 amide bonds. The summed E-state index contributed by atoms with van der Waals surface area (Å²) in [5, 5.41) is 15.0. The molecule has 4 aromatic rings. The zero-order chi connectivity index (χ0) is 20.5. The van der Waals surface area contributed by atoms with Crippen LogP contribution in [0.2, 0.25) is 0 Å². The molecule has 0 unspecified atom stereocenters. The van der Waals surface area contributed by atoms with Crippen molar-refractivity contribution in [1.29, 1.82) is 0 Å². The summed E-state index contributed by atoms with van der Waals surface area (Å²) >= 11 is 1.38. The number of fused-ring (bicyclic) bond motifs is 1. The highest BCUT2D eigenvalue weighted by molar-refractivity contribution is 7.15. The Morgan fingerprint density at radius 1 is 1.17 bits per heavy atom. The van der Waals surface area contributed by atoms with Crippen molar-refractivity contribution in [2.75, 3.05) is 5.32 Å². The first kappa shape index (κ1) is 18.8. The first-order valence-corrected chi connectivity index (χ1v) is 9.73. The third-order valence-corrected chi connectivity index (χ3v) is 5.75. The SMILES string of the molecule is Cc1nc(NC(=O)c2oc3ccccc3c2C)sc1Cc1ccc([N+](=O)[O-])cc1. The van der Waals surface area contributed by atoms with Gasteiger partial charge < -0.3 is 4.42 Å². The van der Waals surface area contributed by atoms with Crippen molar-refractivity contribution < 1.29 is 14.1 Å². The summed E-state index contributed by atoms with van der Waals surface area (Å²) in [4.78, 5) is 28.5. The number of benzene rings is 2. The number of nitro groups is 1. The highest BCUT2D eigenvalue weighted by Gasteiger charge is 2.19. The van der Waals surface area contributed by atoms with Gasteiger partial charge in [0.25, 0.3) is 11.6 Å². The van der Waals surface area contributed by atoms with Gasteiger partial charge in [-0.3, -0.25) is 20.2 Å². The maximum Gasteiger partial charge on any atom is 0.293 e. The second kappa shape index (κ2) is 7.48. The van der Waals surface area contributed by atoms with Crippen LogP contribution in [0.1, 0.15) is 32.3 Å². The highest BCUT2D eigenvalue weighted by Crippen LogP contribution is 2.29. The van der Waals surface area contributed by atoms with E-state index in [1.807, 2.05) is 38.1 Å². The summed E-state index contributed by atoms with van der Waals surface area (Å²) in [5.74, 6) is -0.0645. The predicted octanol–water partition coefficient (Wildman–Crippen LogP) is 5.26. The first-order valence-electron chi connectivity index (χ1n) is 8.91. The van der Waals surface area contributed by atoms with Gasteiger partial charge in [-0.1, -0.05) is 30.3 Å². The number of thiazole rings is 1. The van der Waals surface area contributed by atoms with Crippen LogP contribution in [0.4, 0.5) is 10.8 Å². The van der Waals surface area contributed by atoms with Gasteiger partial charge in [0.1, 0.15) is 5.58 Å². The van der Waals surface area contributed by atoms with E-state index in [0.29, 0.717) is 17.1 Å². The van der Waals surface area contributed by atoms with E-state index in [1.165, 1.54) is 23.5 Å². The number of hydrogen-bond donors (Lipinski definition) is 1. The molecule has 0 spiro atoms. The average molecular weight is 407 g/mol. The lowest BCUT2D eigenvalue weighted by molar-refractivity contribution is -0.384. The molecule has 4 rings (SSSR count). The van der Waals surface area contributed by atoms with Crippen LogP contribution < -0.4 is 5.32 Å². The Hall–Kier alpha value is -3.52. The van der Waals surface area contributed by atoms with E-state index in [9.17, 15) is 14.9 Å². The molecule has 2 aromatic heterocycles. The number of nitrogens with zero attached hydrogens (tertiary/aromatic N) is 2. The fraction of sp³-hybridized carbons (Fsp3) is 0.143. The van der Waals surface area contributed by atoms with Gasteiger partial charge in [0.05, 0.1) is 10.6 Å². The van der Waals surface area contributed by atoms with E-state index >= 15 is 0 Å². The standard InChI is InChI=1S/C21H17N3O4S/c1-12-16-5-3-4-6-17(16)28-19(12)20(25)23-21-22-13(2)18(29-21)11-14-7-9-15(10-8-14)24(26)27/h3-10H,11H2,1-2H3,(H,22,23,25). The molecule has 0 aliphatic rings. The number of rotatable bonds is 5. The monoisotopic (exact) mass is 407 g/mol. The average Bonchev–Trinajstić information content (AvgIpc) is 3.22. The summed E-state index contributed by atoms with van der Waals surface area (Å²) in [6.45, 7) is 3.73. The molecular weight excluding hydrogens is 390 g/mol. The van der Waals surface area contributed by atoms with Crippen LogP contribution in [0, 0.1) is 24.0 Å². The summed E-state index contributed by atoms with van der Waals surface area (Å²) in [6.07, 6.45) is 0.584. The number of hydrogen-bond acceptors (Lipinski definition) is 6. The minimum Gasteiger partial charge on any atom is -0.451 e. The van der Waals surface area contributed by atoms with E-state index < -0.39 is 4.92 Å². The predicted molar refractivity (Wildman–Crippen MR) is 112 cm³/mol. The minimum atomic E-state index is -0.421. The summed E-state index contributed by atoms with van der Waals surface area (Å²) in [5.41, 5.74) is 3.27. The quantitative estimate of drug-likeness (QED) is 0.359. The molecule has 0 fully saturated rings. The third-order valence-electron chi connectivity index (χ3n) is 4.67. The second-order valence-electron chi connectivity index (χ2n) is 6.63. The first-order chi connectivity index (χ1) is 13.9. The lowest BCUT2D eigenvalue weighted by atomic mass is 10.1. The molecule has 29 heavy (non-hydrogen) atoms. The second-order valence-corrected chi connectivity index (χ2v) is 7.72. The molecule has 0 bridgehead atoms. The molecule has 0 atom stereocenters. The van der Waals surface area contributed by atoms with Crippen molar-refractivity contribution in [3.05, 3.63) is 86.1 Å². The van der Waals surface area contributed by atoms with Gasteiger partial charge in [-0.25, -0.2) is 4.98 Å². The van der Waals surface area contributed by atoms with Gasteiger partial charge in [0.2, 0.25) is 0 Å². The Labute approximate surface area is 170 Å². The Morgan fingerprint density at radius 2 is 1.90 bits per heavy atom. The van der Waals surface area contributed by atoms with Crippen LogP contribution in [0.5, 0.6) is 0 Å². The number of anilines is 1. The summed E-state index contributed by atoms with van der Waals surface area (Å²) < 4.78 is 5.71. The molecular formula is C21H17N3O4S. The van der Waals surface area contributed by atoms with Gasteiger partial charge >= 0.3 is 0 Å². The maximum absolute atomic E-state index is 12.7. The Kier molecular flexibility index (Phi) is 4.85. The van der Waals surface area contributed by atoms with E-state index in [2.05, 4.69) is 10.3 Å². The molecule has 146 valence electrons. The third kappa shape index (κ3) is 3.74. The van der Waals surface area contributed by atoms with Crippen molar-refractivity contribution in [3.63, 3.8) is 0 Å². The number of non-ortho nitro benzene ring substituents is 1. The molecule has 0 aliphatic carbocycles. The number of aromatic nitrogens is 1. The molecule has 2 heterocycles. The van der Waals surface area contributed by atoms with Crippen LogP contribution in [0.25, 0.3) is 11.0 Å². The van der Waals surface area contributed by atoms with Crippen molar-refractivity contribution in [2.45, 2.75) is 20.3 Å². The van der Waals surface area contributed by atoms with E-state index in [0.717, 1.165) is 27.1 Å². The molecule has 0 aliphatic heterocycles. The van der Waals surface area contributed by atoms with Crippen molar-refractivity contribution >= 4 is 39.0 Å². The number of nitrogens with one attached hydrogen (secondary N) is 1. The molecule has 0 saturated carbocycles. The largest absolute Gasteiger partial charge is 0.451 e. The van der Waals surface area contributed by atoms with E-state index in [-0.39, 0.29) is 17.4 Å². The molecule has 7 nitrogen and oxygen atoms in total. The number of para-hydroxylation sites is 1. The maximum atomic E-state index is 12.7. The molecule has 1 N–H and O–H groups in total. The van der Waals surface area contributed by atoms with E-state index in [1.54, 1.807) is 12.1 Å². The smallest absolute Gasteiger partial charge is 0.293 e. The van der Waals surface area contributed by atoms with Crippen molar-refractivity contribution in [3.8, 4) is 0 Å². The normalized spacial score (nSPS) is 11.0. The number of carbonyl (C=O) groups excluding carboxylic acids is 1. The van der Waals surface area contributed by atoms with Gasteiger partial charge in [-0.05, 0) is 25.5 Å². The fourth-order valence-corrected chi connectivity index (χ4v) is 4.10. The zero-order valence-corrected chi connectivity index (χ0v) is 16.6. The Balaban J connectivity index is 1.52. The minimum absolute atomic E-state index is 0.0592. The molecule has 2 aromatic carbocycles. The van der Waals surface area contributed by atoms with E-state index in [4.69, 9.17) is 4.42 Å². The number of nitro benzene ring substituents is 1. The summed E-state index contributed by atoms with van der Waals surface area (Å²) in [6, 6.07) is 13.9.